The zero-order valence-corrected chi connectivity index (χ0v) is 28.6. The van der Waals surface area contributed by atoms with Crippen LogP contribution in [0.3, 0.4) is 0 Å². The van der Waals surface area contributed by atoms with Crippen LogP contribution in [0.5, 0.6) is 0 Å². The van der Waals surface area contributed by atoms with Crippen LogP contribution < -0.4 is 10.6 Å². The summed E-state index contributed by atoms with van der Waals surface area (Å²) in [5.74, 6) is -1.92. The highest BCUT2D eigenvalue weighted by Crippen LogP contribution is 2.21. The Kier molecular flexibility index (Phi) is 12.5. The molecule has 0 aliphatic carbocycles. The predicted octanol–water partition coefficient (Wildman–Crippen LogP) is 4.48. The molecule has 3 rings (SSSR count). The van der Waals surface area contributed by atoms with E-state index in [9.17, 15) is 23.6 Å². The molecule has 0 aliphatic rings. The van der Waals surface area contributed by atoms with Gasteiger partial charge in [0.2, 0.25) is 17.7 Å². The van der Waals surface area contributed by atoms with E-state index in [0.29, 0.717) is 0 Å². The number of hydrogen-bond donors (Lipinski definition) is 2. The van der Waals surface area contributed by atoms with Gasteiger partial charge >= 0.3 is 6.09 Å². The Labute approximate surface area is 276 Å². The Balaban J connectivity index is 1.83. The predicted molar refractivity (Wildman–Crippen MR) is 179 cm³/mol. The fourth-order valence-electron chi connectivity index (χ4n) is 5.10. The Morgan fingerprint density at radius 1 is 0.830 bits per heavy atom. The van der Waals surface area contributed by atoms with Crippen molar-refractivity contribution in [2.75, 3.05) is 34.4 Å². The number of carbonyl (C=O) groups is 4. The lowest BCUT2D eigenvalue weighted by atomic mass is 9.98. The van der Waals surface area contributed by atoms with E-state index in [-0.39, 0.29) is 31.6 Å². The molecular weight excluding hydrogens is 603 g/mol. The fraction of sp³-hybridized carbons (Fsp3) is 0.444. The zero-order chi connectivity index (χ0) is 34.9. The van der Waals surface area contributed by atoms with E-state index in [1.165, 1.54) is 37.0 Å². The third-order valence-corrected chi connectivity index (χ3v) is 7.65. The van der Waals surface area contributed by atoms with Crippen molar-refractivity contribution >= 4 is 34.6 Å². The second-order valence-corrected chi connectivity index (χ2v) is 13.3. The molecule has 0 heterocycles. The van der Waals surface area contributed by atoms with E-state index >= 15 is 0 Å². The number of nitrogens with one attached hydrogen (secondary N) is 2. The molecular formula is C36H47FN4O6. The van der Waals surface area contributed by atoms with Gasteiger partial charge in [-0.25, -0.2) is 9.18 Å². The van der Waals surface area contributed by atoms with Crippen LogP contribution in [0.4, 0.5) is 9.18 Å². The first-order chi connectivity index (χ1) is 22.0. The van der Waals surface area contributed by atoms with E-state index < -0.39 is 52.9 Å². The number of rotatable bonds is 13. The molecule has 0 radical (unpaired) electrons. The lowest BCUT2D eigenvalue weighted by Crippen LogP contribution is -2.56. The van der Waals surface area contributed by atoms with Crippen molar-refractivity contribution in [3.05, 3.63) is 83.7 Å². The average molecular weight is 651 g/mol. The molecule has 0 bridgehead atoms. The van der Waals surface area contributed by atoms with Crippen molar-refractivity contribution in [3.63, 3.8) is 0 Å². The zero-order valence-electron chi connectivity index (χ0n) is 28.6. The largest absolute Gasteiger partial charge is 0.444 e. The molecule has 10 nitrogen and oxygen atoms in total. The molecule has 0 fully saturated rings. The van der Waals surface area contributed by atoms with Crippen molar-refractivity contribution in [3.8, 4) is 0 Å². The number of fused-ring (bicyclic) bond motifs is 1. The van der Waals surface area contributed by atoms with Gasteiger partial charge in [0.1, 0.15) is 30.1 Å². The molecule has 254 valence electrons. The molecule has 11 heteroatoms. The summed E-state index contributed by atoms with van der Waals surface area (Å²) >= 11 is 0. The minimum absolute atomic E-state index is 0.00357. The fourth-order valence-corrected chi connectivity index (χ4v) is 5.10. The van der Waals surface area contributed by atoms with Gasteiger partial charge in [0.05, 0.1) is 12.1 Å². The van der Waals surface area contributed by atoms with Gasteiger partial charge < -0.3 is 29.9 Å². The maximum absolute atomic E-state index is 14.6. The molecule has 0 spiro atoms. The van der Waals surface area contributed by atoms with Crippen LogP contribution in [0, 0.1) is 5.82 Å². The highest BCUT2D eigenvalue weighted by Gasteiger charge is 2.35. The van der Waals surface area contributed by atoms with Crippen LogP contribution >= 0.6 is 0 Å². The Morgan fingerprint density at radius 3 is 2.11 bits per heavy atom. The van der Waals surface area contributed by atoms with Crippen molar-refractivity contribution in [2.45, 2.75) is 70.7 Å². The van der Waals surface area contributed by atoms with Crippen molar-refractivity contribution < 1.29 is 33.0 Å². The Morgan fingerprint density at radius 2 is 1.47 bits per heavy atom. The molecule has 0 aromatic heterocycles. The van der Waals surface area contributed by atoms with E-state index in [1.54, 1.807) is 52.8 Å². The number of nitrogens with zero attached hydrogens (tertiary/aromatic N) is 2. The van der Waals surface area contributed by atoms with Crippen molar-refractivity contribution in [2.24, 2.45) is 0 Å². The summed E-state index contributed by atoms with van der Waals surface area (Å²) in [5.41, 5.74) is -0.433. The third-order valence-electron chi connectivity index (χ3n) is 7.65. The first kappa shape index (κ1) is 37.0. The molecule has 47 heavy (non-hydrogen) atoms. The number of carbonyl (C=O) groups excluding carboxylic acids is 4. The number of ether oxygens (including phenoxy) is 2. The normalized spacial score (nSPS) is 13.0. The topological polar surface area (TPSA) is 117 Å². The molecule has 0 aliphatic heterocycles. The lowest BCUT2D eigenvalue weighted by molar-refractivity contribution is -0.149. The van der Waals surface area contributed by atoms with Gasteiger partial charge in [0, 0.05) is 34.0 Å². The van der Waals surface area contributed by atoms with Crippen LogP contribution in [0.2, 0.25) is 0 Å². The van der Waals surface area contributed by atoms with Crippen LogP contribution in [-0.4, -0.2) is 91.2 Å². The van der Waals surface area contributed by atoms with E-state index in [0.717, 1.165) is 16.3 Å². The lowest BCUT2D eigenvalue weighted by Gasteiger charge is -2.34. The summed E-state index contributed by atoms with van der Waals surface area (Å²) in [6.45, 7) is 8.38. The smallest absolute Gasteiger partial charge is 0.408 e. The minimum atomic E-state index is -1.04. The number of hydrogen-bond acceptors (Lipinski definition) is 6. The first-order valence-corrected chi connectivity index (χ1v) is 15.5. The summed E-state index contributed by atoms with van der Waals surface area (Å²) in [5, 5.41) is 7.31. The standard InChI is InChI=1S/C36H47FN4O6/c1-35(2,3)47-34(45)39-36(4,5)23-46-22-31(42)40(7)30(20-24-17-18-25-13-9-10-14-26(25)19-24)33(44)41(8)29(32(43)38-6)21-27-15-11-12-16-28(27)37/h9-19,29-30H,20-23H2,1-8H3,(H,38,43)(H,39,45). The Bertz CT molecular complexity index is 1570. The molecule has 2 N–H and O–H groups in total. The molecule has 4 amide bonds. The highest BCUT2D eigenvalue weighted by atomic mass is 19.1. The SMILES string of the molecule is CNC(=O)C(Cc1ccccc1F)N(C)C(=O)C(Cc1ccc2ccccc2c1)N(C)C(=O)COCC(C)(C)NC(=O)OC(C)(C)C. The van der Waals surface area contributed by atoms with Crippen molar-refractivity contribution in [1.82, 2.24) is 20.4 Å². The molecule has 2 atom stereocenters. The third kappa shape index (κ3) is 10.8. The summed E-state index contributed by atoms with van der Waals surface area (Å²) in [6.07, 6.45) is -0.514. The van der Waals surface area contributed by atoms with Gasteiger partial charge in [-0.2, -0.15) is 0 Å². The molecule has 2 unspecified atom stereocenters. The maximum atomic E-state index is 14.6. The van der Waals surface area contributed by atoms with Gasteiger partial charge in [-0.15, -0.1) is 0 Å². The van der Waals surface area contributed by atoms with E-state index in [1.807, 2.05) is 42.5 Å². The van der Waals surface area contributed by atoms with Gasteiger partial charge in [-0.3, -0.25) is 14.4 Å². The molecule has 3 aromatic carbocycles. The highest BCUT2D eigenvalue weighted by molar-refractivity contribution is 5.92. The average Bonchev–Trinajstić information content (AvgIpc) is 3.00. The quantitative estimate of drug-likeness (QED) is 0.282. The van der Waals surface area contributed by atoms with Gasteiger partial charge in [0.25, 0.3) is 0 Å². The summed E-state index contributed by atoms with van der Waals surface area (Å²) in [4.78, 5) is 55.6. The number of halogens is 1. The second-order valence-electron chi connectivity index (χ2n) is 13.3. The molecule has 0 saturated carbocycles. The van der Waals surface area contributed by atoms with E-state index in [2.05, 4.69) is 10.6 Å². The van der Waals surface area contributed by atoms with Crippen molar-refractivity contribution in [1.29, 1.82) is 0 Å². The second kappa shape index (κ2) is 15.9. The number of benzene rings is 3. The van der Waals surface area contributed by atoms with Crippen LogP contribution in [0.25, 0.3) is 10.8 Å². The Hall–Kier alpha value is -4.51. The van der Waals surface area contributed by atoms with Gasteiger partial charge in [0.15, 0.2) is 0 Å². The number of alkyl carbamates (subject to hydrolysis) is 1. The summed E-state index contributed by atoms with van der Waals surface area (Å²) in [6, 6.07) is 17.7. The first-order valence-electron chi connectivity index (χ1n) is 15.5. The van der Waals surface area contributed by atoms with Crippen LogP contribution in [0.15, 0.2) is 66.7 Å². The summed E-state index contributed by atoms with van der Waals surface area (Å²) < 4.78 is 25.6. The van der Waals surface area contributed by atoms with Crippen LogP contribution in [-0.2, 0) is 36.7 Å². The van der Waals surface area contributed by atoms with Gasteiger partial charge in [-0.05, 0) is 62.6 Å². The monoisotopic (exact) mass is 650 g/mol. The number of amides is 4. The van der Waals surface area contributed by atoms with Gasteiger partial charge in [-0.1, -0.05) is 60.7 Å². The maximum Gasteiger partial charge on any atom is 0.408 e. The van der Waals surface area contributed by atoms with E-state index in [4.69, 9.17) is 9.47 Å². The summed E-state index contributed by atoms with van der Waals surface area (Å²) in [7, 11) is 4.45. The molecule has 3 aromatic rings. The molecule has 0 saturated heterocycles. The minimum Gasteiger partial charge on any atom is -0.444 e. The number of likely N-dealkylation sites (N-methyl/N-ethyl adjacent to an activating group) is 3. The van der Waals surface area contributed by atoms with Crippen LogP contribution in [0.1, 0.15) is 45.7 Å².